The molecule has 1 N–H and O–H groups in total. The summed E-state index contributed by atoms with van der Waals surface area (Å²) in [6.07, 6.45) is -9.01. The van der Waals surface area contributed by atoms with Crippen molar-refractivity contribution in [1.82, 2.24) is 15.1 Å². The Hall–Kier alpha value is -3.05. The molecule has 1 aliphatic carbocycles. The zero-order chi connectivity index (χ0) is 23.5. The first-order chi connectivity index (χ1) is 14.8. The van der Waals surface area contributed by atoms with E-state index in [-0.39, 0.29) is 28.8 Å². The summed E-state index contributed by atoms with van der Waals surface area (Å²) in [5, 5.41) is 9.47. The highest BCUT2D eigenvalue weighted by Gasteiger charge is 2.65. The van der Waals surface area contributed by atoms with Crippen molar-refractivity contribution in [2.24, 2.45) is 12.2 Å². The maximum Gasteiger partial charge on any atom is 0.435 e. The summed E-state index contributed by atoms with van der Waals surface area (Å²) < 4.78 is 83.2. The van der Waals surface area contributed by atoms with E-state index in [0.29, 0.717) is 16.4 Å². The molecule has 1 saturated carbocycles. The molecule has 0 saturated heterocycles. The lowest BCUT2D eigenvalue weighted by Crippen LogP contribution is -2.43. The number of aromatic nitrogens is 2. The van der Waals surface area contributed by atoms with Crippen LogP contribution >= 0.6 is 0 Å². The van der Waals surface area contributed by atoms with E-state index in [1.807, 2.05) is 0 Å². The van der Waals surface area contributed by atoms with Crippen LogP contribution in [0, 0.1) is 6.92 Å². The Kier molecular flexibility index (Phi) is 5.01. The van der Waals surface area contributed by atoms with E-state index in [2.05, 4.69) is 15.6 Å². The molecule has 1 aromatic carbocycles. The Labute approximate surface area is 178 Å². The molecule has 0 bridgehead atoms. The molecule has 32 heavy (non-hydrogen) atoms. The van der Waals surface area contributed by atoms with Gasteiger partial charge in [-0.1, -0.05) is 17.3 Å². The largest absolute Gasteiger partial charge is 0.435 e. The minimum atomic E-state index is -5.22. The first-order valence-corrected chi connectivity index (χ1v) is 9.67. The van der Waals surface area contributed by atoms with Crippen LogP contribution in [-0.2, 0) is 23.7 Å². The van der Waals surface area contributed by atoms with E-state index < -0.39 is 35.6 Å². The second-order valence-corrected chi connectivity index (χ2v) is 7.97. The summed E-state index contributed by atoms with van der Waals surface area (Å²) in [6.45, 7) is 1.67. The minimum absolute atomic E-state index is 0.0713. The second-order valence-electron chi connectivity index (χ2n) is 7.97. The maximum atomic E-state index is 14.1. The Morgan fingerprint density at radius 3 is 2.50 bits per heavy atom. The Bertz CT molecular complexity index is 1100. The summed E-state index contributed by atoms with van der Waals surface area (Å²) in [7, 11) is 1.09. The van der Waals surface area contributed by atoms with Crippen LogP contribution < -0.4 is 5.32 Å². The molecule has 6 nitrogen and oxygen atoms in total. The molecule has 2 aromatic rings. The number of hydrogen-bond acceptors (Lipinski definition) is 4. The molecule has 172 valence electrons. The lowest BCUT2D eigenvalue weighted by Gasteiger charge is -2.29. The van der Waals surface area contributed by atoms with Crippen molar-refractivity contribution in [3.05, 3.63) is 52.3 Å². The fraction of sp³-hybridized carbons (Fsp3) is 0.450. The molecule has 1 amide bonds. The first-order valence-electron chi connectivity index (χ1n) is 9.67. The van der Waals surface area contributed by atoms with Crippen LogP contribution in [0.15, 0.2) is 29.6 Å². The van der Waals surface area contributed by atoms with Gasteiger partial charge in [0, 0.05) is 30.4 Å². The van der Waals surface area contributed by atoms with Crippen molar-refractivity contribution in [3.8, 4) is 0 Å². The fourth-order valence-electron chi connectivity index (χ4n) is 3.57. The van der Waals surface area contributed by atoms with Crippen LogP contribution in [0.4, 0.5) is 26.3 Å². The minimum Gasteiger partial charge on any atom is -0.374 e. The average Bonchev–Trinajstić information content (AvgIpc) is 3.21. The van der Waals surface area contributed by atoms with Crippen molar-refractivity contribution in [2.75, 3.05) is 0 Å². The van der Waals surface area contributed by atoms with Crippen LogP contribution in [0.1, 0.15) is 52.0 Å². The second kappa shape index (κ2) is 7.24. The molecule has 0 radical (unpaired) electrons. The SMILES string of the molecule is Cc1ccc(C2=NOC(c3cn(C)nc3C(F)(F)F)(C(F)(F)F)C2)cc1C(=O)NC1CC1. The lowest BCUT2D eigenvalue weighted by atomic mass is 9.86. The Balaban J connectivity index is 1.72. The normalized spacial score (nSPS) is 21.3. The van der Waals surface area contributed by atoms with Crippen LogP contribution in [0.3, 0.4) is 0 Å². The van der Waals surface area contributed by atoms with Gasteiger partial charge in [0.05, 0.1) is 17.7 Å². The number of hydrogen-bond donors (Lipinski definition) is 1. The van der Waals surface area contributed by atoms with Gasteiger partial charge >= 0.3 is 12.4 Å². The molecular formula is C20H18F6N4O2. The van der Waals surface area contributed by atoms with E-state index in [9.17, 15) is 31.1 Å². The number of aryl methyl sites for hydroxylation is 2. The topological polar surface area (TPSA) is 68.5 Å². The predicted molar refractivity (Wildman–Crippen MR) is 99.8 cm³/mol. The summed E-state index contributed by atoms with van der Waals surface area (Å²) >= 11 is 0. The summed E-state index contributed by atoms with van der Waals surface area (Å²) in [5.74, 6) is -0.375. The average molecular weight is 460 g/mol. The number of nitrogens with one attached hydrogen (secondary N) is 1. The van der Waals surface area contributed by atoms with Crippen molar-refractivity contribution in [3.63, 3.8) is 0 Å². The van der Waals surface area contributed by atoms with E-state index in [4.69, 9.17) is 4.84 Å². The van der Waals surface area contributed by atoms with Gasteiger partial charge < -0.3 is 10.2 Å². The number of rotatable bonds is 4. The zero-order valence-corrected chi connectivity index (χ0v) is 16.9. The van der Waals surface area contributed by atoms with Gasteiger partial charge in [-0.15, -0.1) is 0 Å². The summed E-state index contributed by atoms with van der Waals surface area (Å²) in [4.78, 5) is 17.2. The smallest absolute Gasteiger partial charge is 0.374 e. The molecule has 1 atom stereocenters. The van der Waals surface area contributed by atoms with Crippen LogP contribution in [0.2, 0.25) is 0 Å². The number of nitrogens with zero attached hydrogens (tertiary/aromatic N) is 3. The predicted octanol–water partition coefficient (Wildman–Crippen LogP) is 4.22. The van der Waals surface area contributed by atoms with Gasteiger partial charge in [0.1, 0.15) is 0 Å². The number of halogens is 6. The third kappa shape index (κ3) is 3.82. The van der Waals surface area contributed by atoms with E-state index in [1.165, 1.54) is 12.1 Å². The number of amides is 1. The van der Waals surface area contributed by atoms with Gasteiger partial charge in [-0.3, -0.25) is 9.48 Å². The highest BCUT2D eigenvalue weighted by molar-refractivity contribution is 6.05. The summed E-state index contributed by atoms with van der Waals surface area (Å²) in [5.41, 5.74) is -5.44. The molecule has 1 fully saturated rings. The third-order valence-electron chi connectivity index (χ3n) is 5.45. The van der Waals surface area contributed by atoms with Gasteiger partial charge in [0.25, 0.3) is 11.5 Å². The Morgan fingerprint density at radius 1 is 1.22 bits per heavy atom. The number of alkyl halides is 6. The molecule has 2 aliphatic rings. The van der Waals surface area contributed by atoms with Crippen molar-refractivity contribution >= 4 is 11.6 Å². The molecule has 4 rings (SSSR count). The fourth-order valence-corrected chi connectivity index (χ4v) is 3.57. The molecule has 1 aromatic heterocycles. The highest BCUT2D eigenvalue weighted by atomic mass is 19.4. The van der Waals surface area contributed by atoms with E-state index in [0.717, 1.165) is 19.9 Å². The molecule has 1 aliphatic heterocycles. The number of carbonyl (C=O) groups is 1. The van der Waals surface area contributed by atoms with Crippen molar-refractivity contribution in [1.29, 1.82) is 0 Å². The quantitative estimate of drug-likeness (QED) is 0.695. The van der Waals surface area contributed by atoms with Gasteiger partial charge in [-0.05, 0) is 31.4 Å². The molecule has 2 heterocycles. The highest BCUT2D eigenvalue weighted by Crippen LogP contribution is 2.51. The summed E-state index contributed by atoms with van der Waals surface area (Å²) in [6, 6.07) is 4.43. The Morgan fingerprint density at radius 2 is 1.91 bits per heavy atom. The molecule has 12 heteroatoms. The van der Waals surface area contributed by atoms with Crippen molar-refractivity contribution < 1.29 is 36.0 Å². The third-order valence-corrected chi connectivity index (χ3v) is 5.45. The van der Waals surface area contributed by atoms with Crippen molar-refractivity contribution in [2.45, 2.75) is 50.2 Å². The van der Waals surface area contributed by atoms with Crippen LogP contribution in [0.25, 0.3) is 0 Å². The zero-order valence-electron chi connectivity index (χ0n) is 16.9. The van der Waals surface area contributed by atoms with Crippen LogP contribution in [-0.4, -0.2) is 33.6 Å². The molecular weight excluding hydrogens is 442 g/mol. The van der Waals surface area contributed by atoms with Gasteiger partial charge in [0.15, 0.2) is 5.69 Å². The molecule has 0 spiro atoms. The van der Waals surface area contributed by atoms with Gasteiger partial charge in [-0.2, -0.15) is 31.4 Å². The first kappa shape index (κ1) is 22.2. The van der Waals surface area contributed by atoms with Gasteiger partial charge in [-0.25, -0.2) is 0 Å². The number of carbonyl (C=O) groups excluding carboxylic acids is 1. The monoisotopic (exact) mass is 460 g/mol. The lowest BCUT2D eigenvalue weighted by molar-refractivity contribution is -0.277. The molecule has 1 unspecified atom stereocenters. The number of benzene rings is 1. The van der Waals surface area contributed by atoms with E-state index in [1.54, 1.807) is 13.0 Å². The maximum absolute atomic E-state index is 14.1. The number of oxime groups is 1. The standard InChI is InChI=1S/C20H18F6N4O2/c1-10-3-4-11(7-13(10)17(31)27-12-5-6-12)15-8-18(32-29-15,20(24,25)26)14-9-30(2)28-16(14)19(21,22)23/h3-4,7,9,12H,5-6,8H2,1-2H3,(H,27,31). The van der Waals surface area contributed by atoms with Gasteiger partial charge in [0.2, 0.25) is 0 Å². The van der Waals surface area contributed by atoms with Crippen LogP contribution in [0.5, 0.6) is 0 Å². The van der Waals surface area contributed by atoms with E-state index >= 15 is 0 Å².